The molecule has 0 aromatic carbocycles. The molecule has 0 aliphatic rings. The Kier molecular flexibility index (Phi) is 10.9. The summed E-state index contributed by atoms with van der Waals surface area (Å²) in [4.78, 5) is 0. The molecule has 0 aromatic heterocycles. The Balaban J connectivity index is -0.0000000450. The minimum Gasteiger partial charge on any atom is 0 e. The molecule has 0 saturated heterocycles. The average molecular weight is 122 g/mol. The second-order valence-corrected chi connectivity index (χ2v) is 2.22. The van der Waals surface area contributed by atoms with Crippen LogP contribution in [0.3, 0.4) is 0 Å². The maximum Gasteiger partial charge on any atom is 0 e. The van der Waals surface area contributed by atoms with Gasteiger partial charge in [0.1, 0.15) is 0 Å². The molecule has 0 radical (unpaired) electrons. The predicted octanol–water partition coefficient (Wildman–Crippen LogP) is -0.675. The van der Waals surface area contributed by atoms with Crippen molar-refractivity contribution in [2.24, 2.45) is 0 Å². The van der Waals surface area contributed by atoms with Gasteiger partial charge in [0.25, 0.3) is 0 Å². The van der Waals surface area contributed by atoms with E-state index in [9.17, 15) is 4.55 Å². The normalized spacial score (nSPS) is 7.20. The van der Waals surface area contributed by atoms with E-state index in [0.29, 0.717) is 0 Å². The average Bonchev–Trinajstić information content (AvgIpc) is 0.811. The van der Waals surface area contributed by atoms with Crippen LogP contribution < -0.4 is 0 Å². The summed E-state index contributed by atoms with van der Waals surface area (Å²) in [5.74, 6) is 0. The van der Waals surface area contributed by atoms with E-state index in [-0.39, 0.29) is 39.2 Å². The topological polar surface area (TPSA) is 23.1 Å². The molecule has 0 N–H and O–H groups in total. The quantitative estimate of drug-likeness (QED) is 0.308. The Morgan fingerprint density at radius 1 is 1.60 bits per heavy atom. The van der Waals surface area contributed by atoms with E-state index in [1.54, 1.807) is 12.5 Å². The first kappa shape index (κ1) is 9.76. The van der Waals surface area contributed by atoms with Crippen molar-refractivity contribution in [1.82, 2.24) is 0 Å². The van der Waals surface area contributed by atoms with Crippen molar-refractivity contribution in [2.75, 3.05) is 12.5 Å². The van der Waals surface area contributed by atoms with Gasteiger partial charge in [-0.25, -0.2) is 0 Å². The molecule has 0 aliphatic carbocycles. The van der Waals surface area contributed by atoms with Crippen LogP contribution in [0.25, 0.3) is 0 Å². The zero-order valence-corrected chi connectivity index (χ0v) is 3.63. The van der Waals surface area contributed by atoms with Crippen molar-refractivity contribution in [3.8, 4) is 0 Å². The van der Waals surface area contributed by atoms with Crippen LogP contribution in [-0.4, -0.2) is 54.8 Å². The zero-order valence-electron chi connectivity index (χ0n) is 2.82. The maximum absolute atomic E-state index is 9.56. The first-order valence-electron chi connectivity index (χ1n) is 0.983. The standard InChI is InChI=1S/C2H6OS.Ca.H2.2H/c1-4(2)3;;;;/h1-2H3;;1H;;. The van der Waals surface area contributed by atoms with Gasteiger partial charge in [0.2, 0.25) is 0 Å². The molecule has 3 heteroatoms. The third-order valence-electron chi connectivity index (χ3n) is 0. The molecule has 0 atom stereocenters. The van der Waals surface area contributed by atoms with Crippen LogP contribution in [0.15, 0.2) is 0 Å². The van der Waals surface area contributed by atoms with Crippen LogP contribution in [0.5, 0.6) is 0 Å². The molecule has 0 amide bonds. The first-order valence-corrected chi connectivity index (χ1v) is 2.95. The van der Waals surface area contributed by atoms with E-state index in [1.165, 1.54) is 0 Å². The van der Waals surface area contributed by atoms with Crippen molar-refractivity contribution in [3.05, 3.63) is 0 Å². The second kappa shape index (κ2) is 5.57. The Morgan fingerprint density at radius 2 is 1.60 bits per heavy atom. The smallest absolute Gasteiger partial charge is 0 e. The summed E-state index contributed by atoms with van der Waals surface area (Å²) in [6.45, 7) is 0. The van der Waals surface area contributed by atoms with E-state index in [1.807, 2.05) is 0 Å². The first-order chi connectivity index (χ1) is 1.73. The van der Waals surface area contributed by atoms with Crippen LogP contribution in [0.2, 0.25) is 0 Å². The van der Waals surface area contributed by atoms with Crippen LogP contribution in [0, 0.1) is 0 Å². The monoisotopic (exact) mass is 122 g/mol. The fourth-order valence-corrected chi connectivity index (χ4v) is 0. The molecule has 0 spiro atoms. The summed E-state index contributed by atoms with van der Waals surface area (Å²) in [7, 11) is 0. The van der Waals surface area contributed by atoms with Gasteiger partial charge in [0.15, 0.2) is 0 Å². The number of hydrogen-bond donors (Lipinski definition) is 0. The van der Waals surface area contributed by atoms with Crippen LogP contribution >= 0.6 is 0 Å². The molecule has 0 saturated carbocycles. The van der Waals surface area contributed by atoms with Gasteiger partial charge >= 0.3 is 37.7 Å². The third-order valence-corrected chi connectivity index (χ3v) is 0. The summed E-state index contributed by atoms with van der Waals surface area (Å²) >= 11 is -0.611. The molecule has 0 heterocycles. The van der Waals surface area contributed by atoms with E-state index >= 15 is 0 Å². The van der Waals surface area contributed by atoms with Crippen molar-refractivity contribution in [1.29, 1.82) is 0 Å². The Hall–Kier alpha value is 1.57. The number of rotatable bonds is 0. The molecule has 0 fully saturated rings. The fraction of sp³-hybridized carbons (Fsp3) is 1.00. The second-order valence-electron chi connectivity index (χ2n) is 0.742. The van der Waals surface area contributed by atoms with Crippen LogP contribution in [0.4, 0.5) is 0 Å². The molecule has 0 bridgehead atoms. The van der Waals surface area contributed by atoms with Gasteiger partial charge in [-0.15, -0.1) is 0 Å². The Labute approximate surface area is 66.8 Å². The van der Waals surface area contributed by atoms with Gasteiger partial charge in [-0.2, -0.15) is 0 Å². The summed E-state index contributed by atoms with van der Waals surface area (Å²) in [5, 5.41) is 0. The van der Waals surface area contributed by atoms with E-state index in [2.05, 4.69) is 0 Å². The van der Waals surface area contributed by atoms with E-state index in [4.69, 9.17) is 0 Å². The Morgan fingerprint density at radius 3 is 1.60 bits per heavy atom. The molecule has 32 valence electrons. The van der Waals surface area contributed by atoms with Crippen molar-refractivity contribution in [2.45, 2.75) is 0 Å². The summed E-state index contributed by atoms with van der Waals surface area (Å²) in [5.41, 5.74) is 0. The zero-order chi connectivity index (χ0) is 3.58. The van der Waals surface area contributed by atoms with Gasteiger partial charge in [-0.1, -0.05) is 11.2 Å². The van der Waals surface area contributed by atoms with Crippen LogP contribution in [0.1, 0.15) is 1.43 Å². The fourth-order valence-electron chi connectivity index (χ4n) is 0. The molecule has 0 rings (SSSR count). The van der Waals surface area contributed by atoms with Crippen LogP contribution in [-0.2, 0) is 11.2 Å². The van der Waals surface area contributed by atoms with Gasteiger partial charge < -0.3 is 4.55 Å². The van der Waals surface area contributed by atoms with Crippen molar-refractivity contribution < 1.29 is 5.98 Å². The maximum atomic E-state index is 9.56. The molecular formula is C2H10CaOS. The number of hydrogen-bond acceptors (Lipinski definition) is 1. The molecular weight excluding hydrogens is 112 g/mol. The summed E-state index contributed by atoms with van der Waals surface area (Å²) in [6, 6.07) is 0. The molecule has 5 heavy (non-hydrogen) atoms. The van der Waals surface area contributed by atoms with Gasteiger partial charge in [0.05, 0.1) is 12.5 Å². The summed E-state index contributed by atoms with van der Waals surface area (Å²) in [6.07, 6.45) is 3.28. The largest absolute Gasteiger partial charge is 0 e. The van der Waals surface area contributed by atoms with E-state index < -0.39 is 11.2 Å². The van der Waals surface area contributed by atoms with Crippen molar-refractivity contribution >= 4 is 48.9 Å². The van der Waals surface area contributed by atoms with E-state index in [0.717, 1.165) is 0 Å². The molecule has 0 unspecified atom stereocenters. The van der Waals surface area contributed by atoms with Gasteiger partial charge in [-0.05, 0) is 0 Å². The molecule has 0 aliphatic heterocycles. The van der Waals surface area contributed by atoms with Gasteiger partial charge in [0, 0.05) is 1.43 Å². The van der Waals surface area contributed by atoms with Crippen molar-refractivity contribution in [3.63, 3.8) is 0 Å². The Bertz CT molecular complexity index is 18.3. The minimum absolute atomic E-state index is 0. The molecule has 1 nitrogen and oxygen atoms in total. The summed E-state index contributed by atoms with van der Waals surface area (Å²) < 4.78 is 9.56. The molecule has 0 aromatic rings. The SMILES string of the molecule is C[S+](C)[O-].[CaH2].[HH]. The minimum atomic E-state index is -0.611. The third kappa shape index (κ3) is 28.8. The van der Waals surface area contributed by atoms with Gasteiger partial charge in [-0.3, -0.25) is 0 Å². The predicted molar refractivity (Wildman–Crippen MR) is 30.6 cm³/mol.